The van der Waals surface area contributed by atoms with Gasteiger partial charge in [-0.1, -0.05) is 32.0 Å². The largest absolute Gasteiger partial charge is 0.480 e. The van der Waals surface area contributed by atoms with Crippen molar-refractivity contribution >= 4 is 70.0 Å². The lowest BCUT2D eigenvalue weighted by Gasteiger charge is -2.27. The third kappa shape index (κ3) is 13.6. The van der Waals surface area contributed by atoms with Gasteiger partial charge in [0.1, 0.15) is 36.8 Å². The minimum atomic E-state index is -1.26. The van der Waals surface area contributed by atoms with Crippen LogP contribution in [-0.2, 0) is 44.8 Å². The summed E-state index contributed by atoms with van der Waals surface area (Å²) in [5, 5.41) is 25.1. The number of thioether (sulfide) groups is 1. The van der Waals surface area contributed by atoms with Gasteiger partial charge in [-0.2, -0.15) is 11.8 Å². The van der Waals surface area contributed by atoms with Gasteiger partial charge < -0.3 is 52.6 Å². The zero-order valence-electron chi connectivity index (χ0n) is 31.6. The monoisotopic (exact) mass is 787 g/mol. The van der Waals surface area contributed by atoms with E-state index in [9.17, 15) is 38.4 Å². The quantitative estimate of drug-likeness (QED) is 0.0720. The molecule has 0 radical (unpaired) electrons. The maximum absolute atomic E-state index is 13.8. The van der Waals surface area contributed by atoms with Crippen molar-refractivity contribution in [2.75, 3.05) is 38.2 Å². The third-order valence-electron chi connectivity index (χ3n) is 8.97. The number of nitrogens with zero attached hydrogens (tertiary/aromatic N) is 1. The summed E-state index contributed by atoms with van der Waals surface area (Å²) in [5.74, 6) is -5.11. The molecule has 0 aliphatic carbocycles. The van der Waals surface area contributed by atoms with Gasteiger partial charge in [-0.25, -0.2) is 0 Å². The van der Waals surface area contributed by atoms with E-state index in [1.807, 2.05) is 44.4 Å². The van der Waals surface area contributed by atoms with E-state index in [2.05, 4.69) is 36.9 Å². The lowest BCUT2D eigenvalue weighted by Crippen LogP contribution is -2.58. The average molecular weight is 788 g/mol. The number of aromatic nitrogens is 1. The molecule has 18 nitrogen and oxygen atoms in total. The summed E-state index contributed by atoms with van der Waals surface area (Å²) in [5.41, 5.74) is 7.00. The van der Waals surface area contributed by atoms with Crippen molar-refractivity contribution in [3.8, 4) is 0 Å². The van der Waals surface area contributed by atoms with Crippen LogP contribution in [0.3, 0.4) is 0 Å². The van der Waals surface area contributed by atoms with Crippen LogP contribution in [0.4, 0.5) is 0 Å². The molecule has 2 heterocycles. The summed E-state index contributed by atoms with van der Waals surface area (Å²) in [6.07, 6.45) is 5.01. The highest BCUT2D eigenvalue weighted by atomic mass is 32.2. The number of benzene rings is 1. The highest BCUT2D eigenvalue weighted by molar-refractivity contribution is 7.98. The van der Waals surface area contributed by atoms with Crippen LogP contribution in [0.5, 0.6) is 0 Å². The normalized spacial score (nSPS) is 16.0. The van der Waals surface area contributed by atoms with E-state index in [1.54, 1.807) is 6.20 Å². The van der Waals surface area contributed by atoms with Crippen molar-refractivity contribution in [2.24, 2.45) is 11.7 Å². The molecule has 5 atom stereocenters. The highest BCUT2D eigenvalue weighted by Gasteiger charge is 2.36. The molecule has 55 heavy (non-hydrogen) atoms. The fourth-order valence-electron chi connectivity index (χ4n) is 6.16. The molecule has 0 saturated carbocycles. The second-order valence-corrected chi connectivity index (χ2v) is 14.7. The van der Waals surface area contributed by atoms with Crippen molar-refractivity contribution in [3.63, 3.8) is 0 Å². The molecule has 1 saturated heterocycles. The van der Waals surface area contributed by atoms with E-state index in [0.717, 1.165) is 10.9 Å². The summed E-state index contributed by atoms with van der Waals surface area (Å²) in [6.45, 7) is 4.10. The Balaban J connectivity index is 1.71. The predicted octanol–water partition coefficient (Wildman–Crippen LogP) is -1.26. The Morgan fingerprint density at radius 3 is 2.25 bits per heavy atom. The summed E-state index contributed by atoms with van der Waals surface area (Å²) in [6, 6.07) is 2.13. The first-order valence-electron chi connectivity index (χ1n) is 18.2. The van der Waals surface area contributed by atoms with Gasteiger partial charge in [0.25, 0.3) is 0 Å². The number of carbonyl (C=O) groups is 8. The van der Waals surface area contributed by atoms with Gasteiger partial charge in [-0.15, -0.1) is 0 Å². The number of aromatic amines is 1. The molecular formula is C36H53N9O9S. The number of likely N-dealkylation sites (tertiary alicyclic amines) is 1. The van der Waals surface area contributed by atoms with Gasteiger partial charge in [-0.05, 0) is 62.2 Å². The molecule has 1 fully saturated rings. The number of hydrogen-bond acceptors (Lipinski definition) is 10. The Bertz CT molecular complexity index is 1700. The molecule has 5 unspecified atom stereocenters. The molecule has 2 aromatic rings. The maximum atomic E-state index is 13.8. The van der Waals surface area contributed by atoms with Crippen LogP contribution in [0.1, 0.15) is 52.0 Å². The van der Waals surface area contributed by atoms with Gasteiger partial charge in [-0.3, -0.25) is 38.4 Å². The second kappa shape index (κ2) is 21.7. The number of amides is 7. The number of rotatable bonds is 21. The molecule has 10 N–H and O–H groups in total. The summed E-state index contributed by atoms with van der Waals surface area (Å²) >= 11 is 1.43. The molecule has 0 spiro atoms. The Kier molecular flexibility index (Phi) is 17.4. The molecule has 7 amide bonds. The zero-order valence-corrected chi connectivity index (χ0v) is 32.4. The Hall–Kier alpha value is -5.17. The van der Waals surface area contributed by atoms with Gasteiger partial charge in [0.2, 0.25) is 41.4 Å². The van der Waals surface area contributed by atoms with E-state index >= 15 is 0 Å². The average Bonchev–Trinajstić information content (AvgIpc) is 3.81. The van der Waals surface area contributed by atoms with Crippen molar-refractivity contribution in [2.45, 2.75) is 83.1 Å². The predicted molar refractivity (Wildman–Crippen MR) is 205 cm³/mol. The fourth-order valence-corrected chi connectivity index (χ4v) is 6.64. The molecule has 1 aromatic heterocycles. The number of carboxylic acids is 1. The number of para-hydroxylation sites is 1. The number of carboxylic acid groups (broad SMARTS) is 1. The van der Waals surface area contributed by atoms with Crippen LogP contribution in [0.2, 0.25) is 0 Å². The first kappa shape index (κ1) is 44.2. The van der Waals surface area contributed by atoms with E-state index < -0.39 is 84.7 Å². The number of hydrogen-bond donors (Lipinski definition) is 9. The minimum Gasteiger partial charge on any atom is -0.480 e. The van der Waals surface area contributed by atoms with Gasteiger partial charge in [0, 0.05) is 30.1 Å². The van der Waals surface area contributed by atoms with Crippen molar-refractivity contribution in [3.05, 3.63) is 36.0 Å². The lowest BCUT2D eigenvalue weighted by atomic mass is 10.0. The second-order valence-electron chi connectivity index (χ2n) is 13.7. The Morgan fingerprint density at radius 2 is 1.58 bits per heavy atom. The van der Waals surface area contributed by atoms with Crippen LogP contribution in [0.25, 0.3) is 10.9 Å². The van der Waals surface area contributed by atoms with Gasteiger partial charge >= 0.3 is 5.97 Å². The van der Waals surface area contributed by atoms with Crippen LogP contribution in [-0.4, -0.2) is 131 Å². The van der Waals surface area contributed by atoms with Crippen LogP contribution < -0.4 is 37.6 Å². The summed E-state index contributed by atoms with van der Waals surface area (Å²) < 4.78 is 0. The van der Waals surface area contributed by atoms with Crippen LogP contribution in [0, 0.1) is 5.92 Å². The minimum absolute atomic E-state index is 0.00621. The number of nitrogens with two attached hydrogens (primary N) is 1. The van der Waals surface area contributed by atoms with E-state index in [4.69, 9.17) is 10.8 Å². The van der Waals surface area contributed by atoms with E-state index in [0.29, 0.717) is 30.7 Å². The number of nitrogens with one attached hydrogen (secondary N) is 7. The smallest absolute Gasteiger partial charge is 0.322 e. The summed E-state index contributed by atoms with van der Waals surface area (Å²) in [7, 11) is 0. The number of aliphatic carboxylic acids is 1. The van der Waals surface area contributed by atoms with Gasteiger partial charge in [0.05, 0.1) is 13.1 Å². The number of H-pyrrole nitrogens is 1. The molecule has 1 aliphatic heterocycles. The van der Waals surface area contributed by atoms with Crippen LogP contribution >= 0.6 is 11.8 Å². The molecular weight excluding hydrogens is 735 g/mol. The third-order valence-corrected chi connectivity index (χ3v) is 9.62. The maximum Gasteiger partial charge on any atom is 0.322 e. The molecule has 1 aliphatic rings. The van der Waals surface area contributed by atoms with Crippen LogP contribution in [0.15, 0.2) is 30.5 Å². The molecule has 19 heteroatoms. The fraction of sp³-hybridized carbons (Fsp3) is 0.556. The summed E-state index contributed by atoms with van der Waals surface area (Å²) in [4.78, 5) is 107. The SMILES string of the molecule is CSCCC(NC(=O)CNC(=O)C(CC(C)C)NC(=O)C1CCCN1C(=O)CN)C(=O)NC(Cc1c[nH]c2ccccc12)C(=O)NC(C)C(=O)NCC(=O)O. The molecule has 0 bridgehead atoms. The van der Waals surface area contributed by atoms with Crippen molar-refractivity contribution < 1.29 is 43.5 Å². The van der Waals surface area contributed by atoms with E-state index in [-0.39, 0.29) is 37.6 Å². The van der Waals surface area contributed by atoms with E-state index in [1.165, 1.54) is 23.6 Å². The Morgan fingerprint density at radius 1 is 0.891 bits per heavy atom. The van der Waals surface area contributed by atoms with Crippen molar-refractivity contribution in [1.29, 1.82) is 0 Å². The number of carbonyl (C=O) groups excluding carboxylic acids is 7. The lowest BCUT2D eigenvalue weighted by molar-refractivity contribution is -0.139. The topological polar surface area (TPSA) is 274 Å². The molecule has 302 valence electrons. The Labute approximate surface area is 323 Å². The number of fused-ring (bicyclic) bond motifs is 1. The van der Waals surface area contributed by atoms with Crippen molar-refractivity contribution in [1.82, 2.24) is 41.8 Å². The highest BCUT2D eigenvalue weighted by Crippen LogP contribution is 2.20. The standard InChI is InChI=1S/C36H53N9O9S/c1-20(2)14-26(44-36(54)28-10-7-12-45(28)30(47)16-37)33(51)39-18-29(46)42-25(11-13-55-4)34(52)43-27(15-22-17-38-24-9-6-5-8-23(22)24)35(53)41-21(3)32(50)40-19-31(48)49/h5-6,8-9,17,20-21,25-28,38H,7,10-16,18-19,37H2,1-4H3,(H,39,51)(H,40,50)(H,41,53)(H,42,46)(H,43,52)(H,44,54)(H,48,49). The molecule has 1 aromatic carbocycles. The first-order chi connectivity index (χ1) is 26.1. The first-order valence-corrected chi connectivity index (χ1v) is 19.6. The zero-order chi connectivity index (χ0) is 40.7. The molecule has 3 rings (SSSR count). The van der Waals surface area contributed by atoms with Gasteiger partial charge in [0.15, 0.2) is 0 Å².